The lowest BCUT2D eigenvalue weighted by molar-refractivity contribution is -0.195. The molecule has 0 spiro atoms. The van der Waals surface area contributed by atoms with Gasteiger partial charge < -0.3 is 5.32 Å². The largest absolute Gasteiger partial charge is 0.425 e. The minimum absolute atomic E-state index is 0.162. The Bertz CT molecular complexity index is 790. The highest BCUT2D eigenvalue weighted by Crippen LogP contribution is 2.44. The Kier molecular flexibility index (Phi) is 3.55. The quantitative estimate of drug-likeness (QED) is 0.859. The molecule has 1 aliphatic rings. The van der Waals surface area contributed by atoms with Crippen LogP contribution in [0.15, 0.2) is 48.7 Å². The molecule has 2 aromatic rings. The summed E-state index contributed by atoms with van der Waals surface area (Å²) in [6.07, 6.45) is -3.65. The number of nitrogens with one attached hydrogen (secondary N) is 1. The molecule has 1 N–H and O–H groups in total. The summed E-state index contributed by atoms with van der Waals surface area (Å²) >= 11 is 0. The van der Waals surface area contributed by atoms with Crippen molar-refractivity contribution in [3.8, 4) is 0 Å². The molecule has 0 radical (unpaired) electrons. The maximum Gasteiger partial charge on any atom is 0.425 e. The summed E-state index contributed by atoms with van der Waals surface area (Å²) in [5, 5.41) is 1.81. The Labute approximate surface area is 135 Å². The van der Waals surface area contributed by atoms with Crippen LogP contribution < -0.4 is 10.2 Å². The Morgan fingerprint density at radius 1 is 1.08 bits per heavy atom. The van der Waals surface area contributed by atoms with E-state index in [9.17, 15) is 22.8 Å². The smallest absolute Gasteiger partial charge is 0.311 e. The average Bonchev–Trinajstić information content (AvgIpc) is 2.81. The summed E-state index contributed by atoms with van der Waals surface area (Å²) in [6, 6.07) is 8.27. The molecule has 5 nitrogen and oxygen atoms in total. The lowest BCUT2D eigenvalue weighted by Crippen LogP contribution is -2.55. The number of amides is 3. The standard InChI is InChI=1S/C16H12F3N3O2/c1-10-7-8-12(20-9-10)22-13(23)15(16(17,18)19,21-14(22)24)11-5-3-2-4-6-11/h2-9H,1H3,(H,21,24). The minimum atomic E-state index is -5.01. The number of halogens is 3. The molecule has 3 amide bonds. The number of nitrogens with zero attached hydrogens (tertiary/aromatic N) is 2. The second-order valence-electron chi connectivity index (χ2n) is 5.38. The first-order chi connectivity index (χ1) is 11.3. The van der Waals surface area contributed by atoms with E-state index in [1.165, 1.54) is 30.5 Å². The van der Waals surface area contributed by atoms with E-state index >= 15 is 0 Å². The fourth-order valence-electron chi connectivity index (χ4n) is 2.57. The van der Waals surface area contributed by atoms with Crippen LogP contribution in [0.5, 0.6) is 0 Å². The number of hydrogen-bond acceptors (Lipinski definition) is 3. The van der Waals surface area contributed by atoms with Crippen LogP contribution >= 0.6 is 0 Å². The SMILES string of the molecule is Cc1ccc(N2C(=O)NC(c3ccccc3)(C(F)(F)F)C2=O)nc1. The molecule has 0 aliphatic carbocycles. The summed E-state index contributed by atoms with van der Waals surface area (Å²) in [6.45, 7) is 1.73. The van der Waals surface area contributed by atoms with Crippen LogP contribution in [0.25, 0.3) is 0 Å². The predicted octanol–water partition coefficient (Wildman–Crippen LogP) is 2.90. The number of aryl methyl sites for hydroxylation is 1. The van der Waals surface area contributed by atoms with E-state index in [0.717, 1.165) is 17.7 Å². The minimum Gasteiger partial charge on any atom is -0.311 e. The number of aromatic nitrogens is 1. The summed E-state index contributed by atoms with van der Waals surface area (Å²) in [5.74, 6) is -1.59. The van der Waals surface area contributed by atoms with Crippen LogP contribution in [-0.4, -0.2) is 23.1 Å². The van der Waals surface area contributed by atoms with Crippen molar-refractivity contribution in [3.63, 3.8) is 0 Å². The number of imide groups is 1. The van der Waals surface area contributed by atoms with Gasteiger partial charge in [0.25, 0.3) is 5.91 Å². The van der Waals surface area contributed by atoms with Gasteiger partial charge in [0.1, 0.15) is 5.82 Å². The van der Waals surface area contributed by atoms with Gasteiger partial charge in [0.2, 0.25) is 5.54 Å². The van der Waals surface area contributed by atoms with Gasteiger partial charge in [-0.05, 0) is 24.1 Å². The van der Waals surface area contributed by atoms with Crippen molar-refractivity contribution in [1.82, 2.24) is 10.3 Å². The van der Waals surface area contributed by atoms with Crippen molar-refractivity contribution in [2.24, 2.45) is 0 Å². The molecule has 24 heavy (non-hydrogen) atoms. The maximum atomic E-state index is 13.8. The van der Waals surface area contributed by atoms with Crippen LogP contribution in [0.4, 0.5) is 23.8 Å². The highest BCUT2D eigenvalue weighted by molar-refractivity contribution is 6.23. The van der Waals surface area contributed by atoms with Crippen molar-refractivity contribution in [2.45, 2.75) is 18.6 Å². The highest BCUT2D eigenvalue weighted by Gasteiger charge is 2.68. The van der Waals surface area contributed by atoms with Crippen LogP contribution in [0.3, 0.4) is 0 Å². The maximum absolute atomic E-state index is 13.8. The van der Waals surface area contributed by atoms with E-state index in [0.29, 0.717) is 4.90 Å². The molecule has 0 bridgehead atoms. The van der Waals surface area contributed by atoms with E-state index in [2.05, 4.69) is 4.98 Å². The van der Waals surface area contributed by atoms with Crippen molar-refractivity contribution >= 4 is 17.8 Å². The molecule has 3 rings (SSSR count). The number of hydrogen-bond donors (Lipinski definition) is 1. The van der Waals surface area contributed by atoms with Crippen LogP contribution in [0.2, 0.25) is 0 Å². The summed E-state index contributed by atoms with van der Waals surface area (Å²) in [4.78, 5) is 29.1. The van der Waals surface area contributed by atoms with Crippen LogP contribution in [-0.2, 0) is 10.3 Å². The molecule has 1 aromatic heterocycles. The zero-order chi connectivity index (χ0) is 17.5. The van der Waals surface area contributed by atoms with Gasteiger partial charge in [-0.25, -0.2) is 14.7 Å². The number of urea groups is 1. The van der Waals surface area contributed by atoms with Crippen molar-refractivity contribution in [2.75, 3.05) is 4.90 Å². The lowest BCUT2D eigenvalue weighted by atomic mass is 9.89. The van der Waals surface area contributed by atoms with Gasteiger partial charge in [0.15, 0.2) is 0 Å². The summed E-state index contributed by atoms with van der Waals surface area (Å²) in [5.41, 5.74) is -2.74. The third-order valence-electron chi connectivity index (χ3n) is 3.78. The van der Waals surface area contributed by atoms with Gasteiger partial charge in [-0.15, -0.1) is 0 Å². The second kappa shape index (κ2) is 5.33. The first-order valence-electron chi connectivity index (χ1n) is 6.99. The Balaban J connectivity index is 2.15. The molecule has 1 aromatic carbocycles. The molecule has 0 saturated carbocycles. The van der Waals surface area contributed by atoms with E-state index in [1.807, 2.05) is 5.32 Å². The topological polar surface area (TPSA) is 62.3 Å². The second-order valence-corrected chi connectivity index (χ2v) is 5.38. The number of pyridine rings is 1. The zero-order valence-electron chi connectivity index (χ0n) is 12.5. The molecule has 1 saturated heterocycles. The van der Waals surface area contributed by atoms with Gasteiger partial charge >= 0.3 is 12.2 Å². The molecular formula is C16H12F3N3O2. The molecule has 8 heteroatoms. The monoisotopic (exact) mass is 335 g/mol. The predicted molar refractivity (Wildman–Crippen MR) is 79.2 cm³/mol. The van der Waals surface area contributed by atoms with Crippen molar-refractivity contribution < 1.29 is 22.8 Å². The number of carbonyl (C=O) groups is 2. The van der Waals surface area contributed by atoms with E-state index in [-0.39, 0.29) is 11.4 Å². The van der Waals surface area contributed by atoms with E-state index in [1.54, 1.807) is 13.0 Å². The fourth-order valence-corrected chi connectivity index (χ4v) is 2.57. The van der Waals surface area contributed by atoms with Gasteiger partial charge in [-0.2, -0.15) is 13.2 Å². The average molecular weight is 335 g/mol. The van der Waals surface area contributed by atoms with Gasteiger partial charge in [0, 0.05) is 6.20 Å². The molecule has 1 aliphatic heterocycles. The van der Waals surface area contributed by atoms with Crippen molar-refractivity contribution in [3.05, 3.63) is 59.8 Å². The molecule has 1 fully saturated rings. The normalized spacial score (nSPS) is 21.1. The fraction of sp³-hybridized carbons (Fsp3) is 0.188. The molecule has 1 unspecified atom stereocenters. The van der Waals surface area contributed by atoms with E-state index in [4.69, 9.17) is 0 Å². The third kappa shape index (κ3) is 2.22. The van der Waals surface area contributed by atoms with Gasteiger partial charge in [-0.1, -0.05) is 36.4 Å². The molecule has 2 heterocycles. The van der Waals surface area contributed by atoms with Crippen LogP contribution in [0.1, 0.15) is 11.1 Å². The number of carbonyl (C=O) groups excluding carboxylic acids is 2. The number of benzene rings is 1. The molecule has 1 atom stereocenters. The number of alkyl halides is 3. The summed E-state index contributed by atoms with van der Waals surface area (Å²) < 4.78 is 41.4. The number of anilines is 1. The van der Waals surface area contributed by atoms with Crippen molar-refractivity contribution in [1.29, 1.82) is 0 Å². The number of rotatable bonds is 2. The van der Waals surface area contributed by atoms with Crippen LogP contribution in [0, 0.1) is 6.92 Å². The Morgan fingerprint density at radius 3 is 2.29 bits per heavy atom. The Morgan fingerprint density at radius 2 is 1.75 bits per heavy atom. The van der Waals surface area contributed by atoms with Gasteiger partial charge in [-0.3, -0.25) is 4.79 Å². The Hall–Kier alpha value is -2.90. The molecule has 124 valence electrons. The summed E-state index contributed by atoms with van der Waals surface area (Å²) in [7, 11) is 0. The van der Waals surface area contributed by atoms with E-state index < -0.39 is 23.7 Å². The van der Waals surface area contributed by atoms with Gasteiger partial charge in [0.05, 0.1) is 0 Å². The third-order valence-corrected chi connectivity index (χ3v) is 3.78. The first-order valence-corrected chi connectivity index (χ1v) is 6.99. The molecular weight excluding hydrogens is 323 g/mol. The highest BCUT2D eigenvalue weighted by atomic mass is 19.4. The zero-order valence-corrected chi connectivity index (χ0v) is 12.5. The first kappa shape index (κ1) is 16.0. The lowest BCUT2D eigenvalue weighted by Gasteiger charge is -2.29.